The van der Waals surface area contributed by atoms with Gasteiger partial charge < -0.3 is 10.2 Å². The largest absolute Gasteiger partial charge is 0.352 e. The van der Waals surface area contributed by atoms with E-state index in [1.165, 1.54) is 22.9 Å². The number of nitrogens with zero attached hydrogens (tertiary/aromatic N) is 2. The minimum Gasteiger partial charge on any atom is -0.352 e. The van der Waals surface area contributed by atoms with E-state index < -0.39 is 28.5 Å². The molecule has 8 heteroatoms. The summed E-state index contributed by atoms with van der Waals surface area (Å²) >= 11 is 0. The molecule has 0 spiro atoms. The number of carbonyl (C=O) groups excluding carboxylic acids is 2. The molecular formula is C34H43N3O4S. The van der Waals surface area contributed by atoms with Crippen molar-refractivity contribution >= 4 is 27.5 Å². The van der Waals surface area contributed by atoms with Crippen LogP contribution in [0.25, 0.3) is 0 Å². The lowest BCUT2D eigenvalue weighted by atomic mass is 9.95. The number of sulfonamides is 1. The second kappa shape index (κ2) is 14.0. The molecule has 1 N–H and O–H groups in total. The van der Waals surface area contributed by atoms with Gasteiger partial charge in [0.1, 0.15) is 12.6 Å². The van der Waals surface area contributed by atoms with Gasteiger partial charge in [-0.15, -0.1) is 0 Å². The molecule has 1 aliphatic rings. The van der Waals surface area contributed by atoms with Crippen molar-refractivity contribution in [3.63, 3.8) is 0 Å². The number of carbonyl (C=O) groups is 2. The summed E-state index contributed by atoms with van der Waals surface area (Å²) in [6.07, 6.45) is 5.61. The van der Waals surface area contributed by atoms with Crippen LogP contribution in [0.2, 0.25) is 0 Å². The third-order valence-corrected chi connectivity index (χ3v) is 10.0. The molecule has 3 aromatic carbocycles. The number of anilines is 1. The van der Waals surface area contributed by atoms with Gasteiger partial charge in [-0.2, -0.15) is 0 Å². The van der Waals surface area contributed by atoms with E-state index >= 15 is 0 Å². The molecule has 2 amide bonds. The number of amides is 2. The number of hydrogen-bond donors (Lipinski definition) is 1. The first-order valence-corrected chi connectivity index (χ1v) is 16.3. The number of aryl methyl sites for hydroxylation is 2. The van der Waals surface area contributed by atoms with Gasteiger partial charge in [-0.1, -0.05) is 86.3 Å². The molecule has 1 fully saturated rings. The summed E-state index contributed by atoms with van der Waals surface area (Å²) in [4.78, 5) is 29.7. The average Bonchev–Trinajstić information content (AvgIpc) is 2.98. The van der Waals surface area contributed by atoms with Crippen molar-refractivity contribution in [1.29, 1.82) is 0 Å². The predicted molar refractivity (Wildman–Crippen MR) is 168 cm³/mol. The fourth-order valence-electron chi connectivity index (χ4n) is 5.71. The molecular weight excluding hydrogens is 546 g/mol. The molecule has 0 radical (unpaired) electrons. The van der Waals surface area contributed by atoms with Crippen molar-refractivity contribution in [3.05, 3.63) is 95.1 Å². The number of hydrogen-bond acceptors (Lipinski definition) is 4. The van der Waals surface area contributed by atoms with Crippen LogP contribution in [0, 0.1) is 20.8 Å². The Morgan fingerprint density at radius 3 is 2.26 bits per heavy atom. The fraction of sp³-hybridized carbons (Fsp3) is 0.412. The van der Waals surface area contributed by atoms with Crippen LogP contribution in [0.15, 0.2) is 77.7 Å². The summed E-state index contributed by atoms with van der Waals surface area (Å²) in [7, 11) is -4.09. The van der Waals surface area contributed by atoms with Gasteiger partial charge in [0.25, 0.3) is 10.0 Å². The number of rotatable bonds is 11. The Morgan fingerprint density at radius 1 is 0.905 bits per heavy atom. The Morgan fingerprint density at radius 2 is 1.60 bits per heavy atom. The van der Waals surface area contributed by atoms with E-state index in [1.807, 2.05) is 58.0 Å². The van der Waals surface area contributed by atoms with Crippen LogP contribution in [0.4, 0.5) is 5.69 Å². The Balaban J connectivity index is 1.73. The number of nitrogens with one attached hydrogen (secondary N) is 1. The van der Waals surface area contributed by atoms with Gasteiger partial charge in [-0.3, -0.25) is 13.9 Å². The first kappa shape index (κ1) is 31.3. The summed E-state index contributed by atoms with van der Waals surface area (Å²) in [5.74, 6) is -0.614. The first-order chi connectivity index (χ1) is 20.1. The van der Waals surface area contributed by atoms with Crippen molar-refractivity contribution in [3.8, 4) is 0 Å². The van der Waals surface area contributed by atoms with Crippen molar-refractivity contribution in [2.45, 2.75) is 89.7 Å². The van der Waals surface area contributed by atoms with Crippen LogP contribution in [0.3, 0.4) is 0 Å². The van der Waals surface area contributed by atoms with E-state index in [0.29, 0.717) is 12.1 Å². The molecule has 0 aliphatic heterocycles. The lowest BCUT2D eigenvalue weighted by Crippen LogP contribution is -2.54. The second-order valence-corrected chi connectivity index (χ2v) is 13.2. The summed E-state index contributed by atoms with van der Waals surface area (Å²) < 4.78 is 29.3. The Kier molecular flexibility index (Phi) is 10.4. The van der Waals surface area contributed by atoms with Gasteiger partial charge in [-0.25, -0.2) is 8.42 Å². The minimum absolute atomic E-state index is 0.0983. The highest BCUT2D eigenvalue weighted by Crippen LogP contribution is 2.29. The molecule has 0 bridgehead atoms. The molecule has 1 saturated carbocycles. The van der Waals surface area contributed by atoms with E-state index in [1.54, 1.807) is 35.2 Å². The standard InChI is InChI=1S/C34H43N3O4S/c1-5-31(34(39)35-29-17-8-6-9-18-29)36(23-28-16-12-14-25(2)22-28)33(38)24-37(32-21-13-15-26(3)27(32)4)42(40,41)30-19-10-7-11-20-30/h7,10-16,19-22,29,31H,5-6,8-9,17-18,23-24H2,1-4H3,(H,35,39)/t31-/m0/s1. The Bertz CT molecular complexity index is 1480. The van der Waals surface area contributed by atoms with E-state index in [0.717, 1.165) is 47.9 Å². The monoisotopic (exact) mass is 589 g/mol. The van der Waals surface area contributed by atoms with Crippen molar-refractivity contribution in [1.82, 2.24) is 10.2 Å². The highest BCUT2D eigenvalue weighted by atomic mass is 32.2. The maximum absolute atomic E-state index is 14.3. The molecule has 42 heavy (non-hydrogen) atoms. The summed E-state index contributed by atoms with van der Waals surface area (Å²) in [6, 6.07) is 20.8. The lowest BCUT2D eigenvalue weighted by Gasteiger charge is -2.35. The van der Waals surface area contributed by atoms with Gasteiger partial charge in [0.15, 0.2) is 0 Å². The molecule has 0 unspecified atom stereocenters. The Hall–Kier alpha value is -3.65. The van der Waals surface area contributed by atoms with E-state index in [2.05, 4.69) is 5.32 Å². The normalized spacial score (nSPS) is 14.7. The quantitative estimate of drug-likeness (QED) is 0.294. The van der Waals surface area contributed by atoms with Gasteiger partial charge in [0.05, 0.1) is 10.6 Å². The topological polar surface area (TPSA) is 86.8 Å². The zero-order chi connectivity index (χ0) is 30.3. The van der Waals surface area contributed by atoms with Crippen LogP contribution in [-0.4, -0.2) is 43.8 Å². The maximum atomic E-state index is 14.3. The average molecular weight is 590 g/mol. The molecule has 224 valence electrons. The molecule has 7 nitrogen and oxygen atoms in total. The lowest BCUT2D eigenvalue weighted by molar-refractivity contribution is -0.140. The van der Waals surface area contributed by atoms with E-state index in [9.17, 15) is 18.0 Å². The molecule has 0 heterocycles. The van der Waals surface area contributed by atoms with Gasteiger partial charge >= 0.3 is 0 Å². The molecule has 3 aromatic rings. The predicted octanol–water partition coefficient (Wildman–Crippen LogP) is 6.06. The molecule has 1 atom stereocenters. The zero-order valence-corrected chi connectivity index (χ0v) is 26.0. The van der Waals surface area contributed by atoms with E-state index in [-0.39, 0.29) is 23.4 Å². The van der Waals surface area contributed by atoms with Gasteiger partial charge in [0.2, 0.25) is 11.8 Å². The highest BCUT2D eigenvalue weighted by Gasteiger charge is 2.35. The SMILES string of the molecule is CC[C@@H](C(=O)NC1CCCCC1)N(Cc1cccc(C)c1)C(=O)CN(c1cccc(C)c1C)S(=O)(=O)c1ccccc1. The summed E-state index contributed by atoms with van der Waals surface area (Å²) in [5.41, 5.74) is 4.07. The smallest absolute Gasteiger partial charge is 0.264 e. The highest BCUT2D eigenvalue weighted by molar-refractivity contribution is 7.92. The van der Waals surface area contributed by atoms with Crippen LogP contribution in [-0.2, 0) is 26.2 Å². The van der Waals surface area contributed by atoms with Gasteiger partial charge in [0, 0.05) is 12.6 Å². The van der Waals surface area contributed by atoms with Crippen LogP contribution < -0.4 is 9.62 Å². The molecule has 4 rings (SSSR count). The maximum Gasteiger partial charge on any atom is 0.264 e. The molecule has 0 aromatic heterocycles. The Labute approximate surface area is 251 Å². The number of benzene rings is 3. The third-order valence-electron chi connectivity index (χ3n) is 8.23. The van der Waals surface area contributed by atoms with Crippen LogP contribution in [0.1, 0.15) is 67.7 Å². The summed E-state index contributed by atoms with van der Waals surface area (Å²) in [6.45, 7) is 7.42. The van der Waals surface area contributed by atoms with Crippen molar-refractivity contribution < 1.29 is 18.0 Å². The van der Waals surface area contributed by atoms with Crippen LogP contribution in [0.5, 0.6) is 0 Å². The first-order valence-electron chi connectivity index (χ1n) is 14.9. The third kappa shape index (κ3) is 7.40. The van der Waals surface area contributed by atoms with Crippen molar-refractivity contribution in [2.24, 2.45) is 0 Å². The summed E-state index contributed by atoms with van der Waals surface area (Å²) in [5, 5.41) is 3.20. The fourth-order valence-corrected chi connectivity index (χ4v) is 7.20. The second-order valence-electron chi connectivity index (χ2n) is 11.3. The molecule has 1 aliphatic carbocycles. The van der Waals surface area contributed by atoms with Crippen LogP contribution >= 0.6 is 0 Å². The zero-order valence-electron chi connectivity index (χ0n) is 25.2. The van der Waals surface area contributed by atoms with Crippen molar-refractivity contribution in [2.75, 3.05) is 10.8 Å². The minimum atomic E-state index is -4.09. The van der Waals surface area contributed by atoms with Gasteiger partial charge in [-0.05, 0) is 74.9 Å². The molecule has 0 saturated heterocycles. The van der Waals surface area contributed by atoms with E-state index in [4.69, 9.17) is 0 Å².